The number of isocyanates is 1. The molecule has 0 fully saturated rings. The Balaban J connectivity index is 4.13. The van der Waals surface area contributed by atoms with E-state index in [9.17, 15) is 4.79 Å². The van der Waals surface area contributed by atoms with Gasteiger partial charge in [0.05, 0.1) is 0 Å². The fourth-order valence-electron chi connectivity index (χ4n) is 1.69. The van der Waals surface area contributed by atoms with Gasteiger partial charge in [0.15, 0.2) is 0 Å². The van der Waals surface area contributed by atoms with Gasteiger partial charge in [0, 0.05) is 0 Å². The molecule has 0 N–H and O–H groups in total. The van der Waals surface area contributed by atoms with Crippen LogP contribution < -0.4 is 0 Å². The Bertz CT molecular complexity index is 187. The van der Waals surface area contributed by atoms with E-state index < -0.39 is 0 Å². The fourth-order valence-corrected chi connectivity index (χ4v) is 1.94. The molecule has 0 heterocycles. The summed E-state index contributed by atoms with van der Waals surface area (Å²) >= 11 is 1.13. The van der Waals surface area contributed by atoms with Gasteiger partial charge in [-0.2, -0.15) is 0 Å². The van der Waals surface area contributed by atoms with Crippen molar-refractivity contribution >= 4 is 6.08 Å². The molecule has 0 atom stereocenters. The molecule has 0 rings (SSSR count). The van der Waals surface area contributed by atoms with E-state index >= 15 is 0 Å². The van der Waals surface area contributed by atoms with Crippen molar-refractivity contribution in [3.8, 4) is 0 Å². The molecule has 0 aromatic rings. The Morgan fingerprint density at radius 3 is 2.43 bits per heavy atom. The van der Waals surface area contributed by atoms with Crippen LogP contribution in [0.15, 0.2) is 4.99 Å². The van der Waals surface area contributed by atoms with Gasteiger partial charge in [-0.15, -0.1) is 0 Å². The molecular formula is C10H18NO2Zr. The number of hydrogen-bond acceptors (Lipinski definition) is 3. The Morgan fingerprint density at radius 1 is 1.36 bits per heavy atom. The summed E-state index contributed by atoms with van der Waals surface area (Å²) in [4.78, 5) is 13.6. The minimum atomic E-state index is 0.302. The quantitative estimate of drug-likeness (QED) is 0.504. The zero-order valence-corrected chi connectivity index (χ0v) is 11.5. The van der Waals surface area contributed by atoms with Gasteiger partial charge in [-0.1, -0.05) is 0 Å². The molecule has 0 aliphatic rings. The molecule has 0 aliphatic carbocycles. The van der Waals surface area contributed by atoms with Gasteiger partial charge >= 0.3 is 102 Å². The van der Waals surface area contributed by atoms with Crippen LogP contribution in [0.5, 0.6) is 0 Å². The van der Waals surface area contributed by atoms with Crippen LogP contribution in [0.25, 0.3) is 0 Å². The SMILES string of the molecule is CCC(CC)(CCN=C=O)CC[O][Zr]. The normalized spacial score (nSPS) is 10.9. The van der Waals surface area contributed by atoms with Crippen LogP contribution in [0.1, 0.15) is 39.5 Å². The van der Waals surface area contributed by atoms with Crippen molar-refractivity contribution in [2.75, 3.05) is 13.2 Å². The number of carbonyl (C=O) groups excluding carboxylic acids is 1. The van der Waals surface area contributed by atoms with Crippen LogP contribution in [0.4, 0.5) is 0 Å². The zero-order valence-electron chi connectivity index (χ0n) is 9.01. The molecule has 0 saturated carbocycles. The summed E-state index contributed by atoms with van der Waals surface area (Å²) in [6.07, 6.45) is 5.87. The molecule has 14 heavy (non-hydrogen) atoms. The number of hydrogen-bond donors (Lipinski definition) is 0. The van der Waals surface area contributed by atoms with E-state index in [-0.39, 0.29) is 0 Å². The molecule has 0 saturated heterocycles. The van der Waals surface area contributed by atoms with E-state index in [1.165, 1.54) is 0 Å². The van der Waals surface area contributed by atoms with E-state index in [1.807, 2.05) is 0 Å². The maximum atomic E-state index is 9.97. The van der Waals surface area contributed by atoms with Gasteiger partial charge in [-0.3, -0.25) is 0 Å². The summed E-state index contributed by atoms with van der Waals surface area (Å²) in [6.45, 7) is 5.81. The first-order valence-corrected chi connectivity index (χ1v) is 6.07. The number of nitrogens with zero attached hydrogens (tertiary/aromatic N) is 1. The molecule has 0 amide bonds. The van der Waals surface area contributed by atoms with Crippen LogP contribution in [0.2, 0.25) is 0 Å². The molecule has 0 radical (unpaired) electrons. The first-order valence-electron chi connectivity index (χ1n) is 5.07. The van der Waals surface area contributed by atoms with Gasteiger partial charge in [0.1, 0.15) is 0 Å². The summed E-state index contributed by atoms with van der Waals surface area (Å²) in [7, 11) is 0. The predicted octanol–water partition coefficient (Wildman–Crippen LogP) is 2.39. The zero-order chi connectivity index (χ0) is 10.9. The van der Waals surface area contributed by atoms with Crippen molar-refractivity contribution in [2.45, 2.75) is 39.5 Å². The average molecular weight is 275 g/mol. The van der Waals surface area contributed by atoms with Gasteiger partial charge in [-0.05, 0) is 0 Å². The van der Waals surface area contributed by atoms with Crippen molar-refractivity contribution < 1.29 is 32.8 Å². The molecule has 0 unspecified atom stereocenters. The number of aliphatic imine (C=N–C) groups is 1. The van der Waals surface area contributed by atoms with Crippen molar-refractivity contribution in [2.24, 2.45) is 10.4 Å². The Kier molecular flexibility index (Phi) is 8.66. The molecule has 0 bridgehead atoms. The Hall–Kier alpha value is 0.223. The second kappa shape index (κ2) is 8.52. The first-order chi connectivity index (χ1) is 6.74. The number of rotatable bonds is 8. The van der Waals surface area contributed by atoms with Crippen molar-refractivity contribution in [1.82, 2.24) is 0 Å². The third kappa shape index (κ3) is 5.19. The van der Waals surface area contributed by atoms with Gasteiger partial charge in [-0.25, -0.2) is 0 Å². The van der Waals surface area contributed by atoms with E-state index in [4.69, 9.17) is 2.81 Å². The fraction of sp³-hybridized carbons (Fsp3) is 0.900. The van der Waals surface area contributed by atoms with Gasteiger partial charge in [0.25, 0.3) is 0 Å². The molecular weight excluding hydrogens is 257 g/mol. The third-order valence-corrected chi connectivity index (χ3v) is 3.55. The van der Waals surface area contributed by atoms with Crippen molar-refractivity contribution in [3.63, 3.8) is 0 Å². The van der Waals surface area contributed by atoms with Crippen LogP contribution in [-0.4, -0.2) is 19.2 Å². The molecule has 0 spiro atoms. The van der Waals surface area contributed by atoms with E-state index in [0.717, 1.165) is 57.4 Å². The topological polar surface area (TPSA) is 38.7 Å². The third-order valence-electron chi connectivity index (χ3n) is 3.05. The van der Waals surface area contributed by atoms with E-state index in [1.54, 1.807) is 6.08 Å². The average Bonchev–Trinajstić information content (AvgIpc) is 2.24. The van der Waals surface area contributed by atoms with E-state index in [2.05, 4.69) is 18.8 Å². The monoisotopic (exact) mass is 274 g/mol. The molecule has 0 aromatic carbocycles. The van der Waals surface area contributed by atoms with Crippen LogP contribution in [-0.2, 0) is 32.8 Å². The van der Waals surface area contributed by atoms with Gasteiger partial charge in [0.2, 0.25) is 0 Å². The maximum absolute atomic E-state index is 9.97. The van der Waals surface area contributed by atoms with Crippen LogP contribution >= 0.6 is 0 Å². The first kappa shape index (κ1) is 14.2. The summed E-state index contributed by atoms with van der Waals surface area (Å²) in [5.41, 5.74) is 0.302. The summed E-state index contributed by atoms with van der Waals surface area (Å²) < 4.78 is 5.19. The van der Waals surface area contributed by atoms with Crippen molar-refractivity contribution in [1.29, 1.82) is 0 Å². The molecule has 79 valence electrons. The summed E-state index contributed by atoms with van der Waals surface area (Å²) in [6, 6.07) is 0. The standard InChI is InChI=1S/C10H18NO2.Zr/c1-3-10(4-2,6-8-12)5-7-11-9-13;/h3-8H2,1-2H3;/q-1;+1. The molecule has 3 nitrogen and oxygen atoms in total. The molecule has 0 aliphatic heterocycles. The minimum absolute atomic E-state index is 0.302. The molecule has 0 aromatic heterocycles. The van der Waals surface area contributed by atoms with E-state index in [0.29, 0.717) is 12.0 Å². The molecule has 4 heteroatoms. The van der Waals surface area contributed by atoms with Crippen molar-refractivity contribution in [3.05, 3.63) is 0 Å². The second-order valence-electron chi connectivity index (χ2n) is 3.53. The summed E-state index contributed by atoms with van der Waals surface area (Å²) in [5.74, 6) is 0. The van der Waals surface area contributed by atoms with Gasteiger partial charge < -0.3 is 0 Å². The summed E-state index contributed by atoms with van der Waals surface area (Å²) in [5, 5.41) is 0. The van der Waals surface area contributed by atoms with Crippen LogP contribution in [0, 0.1) is 5.41 Å². The second-order valence-corrected chi connectivity index (χ2v) is 4.24. The predicted molar refractivity (Wildman–Crippen MR) is 51.2 cm³/mol. The Labute approximate surface area is 102 Å². The van der Waals surface area contributed by atoms with Crippen LogP contribution in [0.3, 0.4) is 0 Å². The Morgan fingerprint density at radius 2 is 2.00 bits per heavy atom.